The van der Waals surface area contributed by atoms with Crippen molar-refractivity contribution in [1.29, 1.82) is 0 Å². The minimum absolute atomic E-state index is 0.0556. The summed E-state index contributed by atoms with van der Waals surface area (Å²) < 4.78 is 26.0. The van der Waals surface area contributed by atoms with Gasteiger partial charge in [0, 0.05) is 17.0 Å². The molecule has 0 unspecified atom stereocenters. The summed E-state index contributed by atoms with van der Waals surface area (Å²) in [6.45, 7) is 1.90. The van der Waals surface area contributed by atoms with Crippen LogP contribution in [0, 0.1) is 6.92 Å². The molecule has 4 aromatic rings. The van der Waals surface area contributed by atoms with Crippen LogP contribution in [0.2, 0.25) is 0 Å². The van der Waals surface area contributed by atoms with E-state index in [4.69, 9.17) is 0 Å². The molecule has 0 saturated heterocycles. The summed E-state index contributed by atoms with van der Waals surface area (Å²) in [6.07, 6.45) is 1.81. The van der Waals surface area contributed by atoms with E-state index in [-0.39, 0.29) is 15.0 Å². The lowest BCUT2D eigenvalue weighted by Crippen LogP contribution is -2.02. The van der Waals surface area contributed by atoms with Gasteiger partial charge in [0.1, 0.15) is 22.8 Å². The molecule has 7 nitrogen and oxygen atoms in total. The third-order valence-electron chi connectivity index (χ3n) is 4.91. The van der Waals surface area contributed by atoms with Crippen molar-refractivity contribution < 1.29 is 13.2 Å². The van der Waals surface area contributed by atoms with Crippen LogP contribution in [-0.2, 0) is 21.1 Å². The number of carbonyl (C=O) groups is 1. The van der Waals surface area contributed by atoms with Crippen molar-refractivity contribution in [3.8, 4) is 0 Å². The number of aromatic amines is 1. The summed E-state index contributed by atoms with van der Waals surface area (Å²) in [5.74, 6) is 0.482. The highest BCUT2D eigenvalue weighted by Crippen LogP contribution is 2.36. The number of fused-ring (bicyclic) bond motifs is 2. The largest absolute Gasteiger partial charge is 0.340 e. The van der Waals surface area contributed by atoms with Gasteiger partial charge in [-0.05, 0) is 42.8 Å². The highest BCUT2D eigenvalue weighted by atomic mass is 32.2. The second-order valence-electron chi connectivity index (χ2n) is 7.03. The number of thioether (sulfide) groups is 1. The molecule has 0 bridgehead atoms. The van der Waals surface area contributed by atoms with E-state index in [1.165, 1.54) is 18.1 Å². The molecule has 9 heteroatoms. The lowest BCUT2D eigenvalue weighted by Gasteiger charge is -2.07. The molecule has 2 aromatic heterocycles. The lowest BCUT2D eigenvalue weighted by molar-refractivity contribution is -0.110. The van der Waals surface area contributed by atoms with Crippen molar-refractivity contribution in [2.75, 3.05) is 5.32 Å². The number of hydrogen-bond donors (Lipinski definition) is 2. The first-order valence-corrected chi connectivity index (χ1v) is 11.5. The van der Waals surface area contributed by atoms with Gasteiger partial charge in [-0.3, -0.25) is 4.79 Å². The number of rotatable bonds is 4. The van der Waals surface area contributed by atoms with Crippen LogP contribution < -0.4 is 5.32 Å². The van der Waals surface area contributed by atoms with Crippen LogP contribution in [0.4, 0.5) is 11.5 Å². The van der Waals surface area contributed by atoms with Crippen LogP contribution in [0.1, 0.15) is 11.1 Å². The Hall–Kier alpha value is -3.17. The second kappa shape index (κ2) is 6.96. The second-order valence-corrected chi connectivity index (χ2v) is 10.1. The number of nitrogens with one attached hydrogen (secondary N) is 2. The molecule has 150 valence electrons. The van der Waals surface area contributed by atoms with Gasteiger partial charge in [0.25, 0.3) is 0 Å². The maximum absolute atomic E-state index is 13.0. The van der Waals surface area contributed by atoms with Crippen molar-refractivity contribution >= 4 is 49.3 Å². The fourth-order valence-electron chi connectivity index (χ4n) is 3.33. The third-order valence-corrected chi connectivity index (χ3v) is 7.57. The first-order chi connectivity index (χ1) is 14.4. The molecule has 0 saturated carbocycles. The predicted molar refractivity (Wildman–Crippen MR) is 115 cm³/mol. The van der Waals surface area contributed by atoms with E-state index >= 15 is 0 Å². The molecule has 1 aliphatic rings. The quantitative estimate of drug-likeness (QED) is 0.498. The predicted octanol–water partition coefficient (Wildman–Crippen LogP) is 4.02. The Kier molecular flexibility index (Phi) is 4.37. The summed E-state index contributed by atoms with van der Waals surface area (Å²) in [7, 11) is -3.71. The normalized spacial score (nSPS) is 13.6. The smallest absolute Gasteiger partial charge is 0.221 e. The third kappa shape index (κ3) is 3.25. The van der Waals surface area contributed by atoms with Gasteiger partial charge in [-0.1, -0.05) is 35.5 Å². The zero-order chi connectivity index (χ0) is 20.9. The average molecular weight is 437 g/mol. The fraction of sp³-hybridized carbons (Fsp3) is 0.0952. The molecule has 1 aliphatic heterocycles. The van der Waals surface area contributed by atoms with E-state index in [0.717, 1.165) is 21.7 Å². The molecule has 0 radical (unpaired) electrons. The number of anilines is 2. The minimum Gasteiger partial charge on any atom is -0.340 e. The zero-order valence-electron chi connectivity index (χ0n) is 15.8. The van der Waals surface area contributed by atoms with E-state index in [1.54, 1.807) is 30.3 Å². The van der Waals surface area contributed by atoms with E-state index in [2.05, 4.69) is 20.3 Å². The highest BCUT2D eigenvalue weighted by Gasteiger charge is 2.22. The van der Waals surface area contributed by atoms with E-state index in [0.29, 0.717) is 23.3 Å². The molecule has 3 heterocycles. The standard InChI is InChI=1S/C21H16N4O3S2/c1-12-2-6-15(7-3-12)30(27,28)18-10-16-20(22-11-23-21(16)25-18)24-14-5-4-13-8-19(26)29-17(13)9-14/h2-7,9-11H,8H2,1H3,(H2,22,23,24,25). The fourth-order valence-corrected chi connectivity index (χ4v) is 5.51. The molecule has 0 fully saturated rings. The molecule has 2 N–H and O–H groups in total. The van der Waals surface area contributed by atoms with E-state index in [9.17, 15) is 13.2 Å². The van der Waals surface area contributed by atoms with Crippen LogP contribution in [-0.4, -0.2) is 28.5 Å². The summed E-state index contributed by atoms with van der Waals surface area (Å²) in [5.41, 5.74) is 3.18. The SMILES string of the molecule is Cc1ccc(S(=O)(=O)c2cc3c(Nc4ccc5c(c4)SC(=O)C5)ncnc3[nH]2)cc1. The van der Waals surface area contributed by atoms with Crippen molar-refractivity contribution in [2.45, 2.75) is 28.2 Å². The van der Waals surface area contributed by atoms with Crippen LogP contribution in [0.15, 0.2) is 69.7 Å². The van der Waals surface area contributed by atoms with Gasteiger partial charge in [0.15, 0.2) is 5.12 Å². The van der Waals surface area contributed by atoms with Crippen LogP contribution >= 0.6 is 11.8 Å². The maximum atomic E-state index is 13.0. The number of hydrogen-bond acceptors (Lipinski definition) is 7. The van der Waals surface area contributed by atoms with Crippen LogP contribution in [0.25, 0.3) is 11.0 Å². The molecule has 5 rings (SSSR count). The zero-order valence-corrected chi connectivity index (χ0v) is 17.5. The first kappa shape index (κ1) is 18.8. The Bertz CT molecular complexity index is 1410. The van der Waals surface area contributed by atoms with Gasteiger partial charge in [0.2, 0.25) is 9.84 Å². The van der Waals surface area contributed by atoms with Gasteiger partial charge in [-0.2, -0.15) is 0 Å². The number of carbonyl (C=O) groups excluding carboxylic acids is 1. The Morgan fingerprint density at radius 2 is 1.87 bits per heavy atom. The number of benzene rings is 2. The lowest BCUT2D eigenvalue weighted by atomic mass is 10.1. The Labute approximate surface area is 176 Å². The molecular formula is C21H16N4O3S2. The van der Waals surface area contributed by atoms with Gasteiger partial charge < -0.3 is 10.3 Å². The molecule has 2 aromatic carbocycles. The minimum atomic E-state index is -3.71. The number of sulfone groups is 1. The average Bonchev–Trinajstić information content (AvgIpc) is 3.32. The van der Waals surface area contributed by atoms with Gasteiger partial charge >= 0.3 is 0 Å². The topological polar surface area (TPSA) is 105 Å². The van der Waals surface area contributed by atoms with Crippen molar-refractivity contribution in [2.24, 2.45) is 0 Å². The summed E-state index contributed by atoms with van der Waals surface area (Å²) in [4.78, 5) is 24.1. The highest BCUT2D eigenvalue weighted by molar-refractivity contribution is 8.14. The van der Waals surface area contributed by atoms with Crippen molar-refractivity contribution in [1.82, 2.24) is 15.0 Å². The van der Waals surface area contributed by atoms with Gasteiger partial charge in [-0.15, -0.1) is 0 Å². The first-order valence-electron chi connectivity index (χ1n) is 9.16. The summed E-state index contributed by atoms with van der Waals surface area (Å²) in [6, 6.07) is 13.9. The number of aromatic nitrogens is 3. The monoisotopic (exact) mass is 436 g/mol. The van der Waals surface area contributed by atoms with Crippen LogP contribution in [0.5, 0.6) is 0 Å². The van der Waals surface area contributed by atoms with E-state index in [1.807, 2.05) is 25.1 Å². The summed E-state index contributed by atoms with van der Waals surface area (Å²) >= 11 is 1.23. The Morgan fingerprint density at radius 3 is 2.67 bits per heavy atom. The van der Waals surface area contributed by atoms with Gasteiger partial charge in [0.05, 0.1) is 10.3 Å². The van der Waals surface area contributed by atoms with Crippen molar-refractivity contribution in [3.63, 3.8) is 0 Å². The number of aryl methyl sites for hydroxylation is 1. The Morgan fingerprint density at radius 1 is 1.07 bits per heavy atom. The number of H-pyrrole nitrogens is 1. The molecule has 30 heavy (non-hydrogen) atoms. The maximum Gasteiger partial charge on any atom is 0.221 e. The molecule has 0 spiro atoms. The van der Waals surface area contributed by atoms with E-state index < -0.39 is 9.84 Å². The molecular weight excluding hydrogens is 420 g/mol. The molecule has 0 amide bonds. The van der Waals surface area contributed by atoms with Crippen LogP contribution in [0.3, 0.4) is 0 Å². The molecule has 0 aliphatic carbocycles. The van der Waals surface area contributed by atoms with Gasteiger partial charge in [-0.25, -0.2) is 18.4 Å². The summed E-state index contributed by atoms with van der Waals surface area (Å²) in [5, 5.41) is 3.96. The Balaban J connectivity index is 1.52. The number of nitrogens with zero attached hydrogens (tertiary/aromatic N) is 2. The van der Waals surface area contributed by atoms with Crippen molar-refractivity contribution in [3.05, 3.63) is 66.0 Å². The molecule has 0 atom stereocenters.